The first-order chi connectivity index (χ1) is 6.42. The van der Waals surface area contributed by atoms with E-state index in [1.54, 1.807) is 6.07 Å². The van der Waals surface area contributed by atoms with E-state index in [0.717, 1.165) is 0 Å². The van der Waals surface area contributed by atoms with Crippen molar-refractivity contribution in [2.45, 2.75) is 5.75 Å². The van der Waals surface area contributed by atoms with E-state index in [-0.39, 0.29) is 17.8 Å². The average molecular weight is 295 g/mol. The summed E-state index contributed by atoms with van der Waals surface area (Å²) in [4.78, 5) is 3.89. The molecule has 0 saturated carbocycles. The summed E-state index contributed by atoms with van der Waals surface area (Å²) in [6, 6.07) is 1.61. The maximum atomic E-state index is 10.9. The second kappa shape index (κ2) is 5.40. The van der Waals surface area contributed by atoms with Crippen molar-refractivity contribution in [2.75, 3.05) is 7.11 Å². The van der Waals surface area contributed by atoms with Gasteiger partial charge < -0.3 is 4.74 Å². The molecule has 3 radical (unpaired) electrons. The number of primary sulfonamides is 1. The number of halogens is 1. The Morgan fingerprint density at radius 3 is 2.67 bits per heavy atom. The zero-order valence-electron chi connectivity index (χ0n) is 7.84. The van der Waals surface area contributed by atoms with Gasteiger partial charge in [-0.3, -0.25) is 0 Å². The van der Waals surface area contributed by atoms with E-state index >= 15 is 0 Å². The fourth-order valence-corrected chi connectivity index (χ4v) is 1.99. The number of hydrogen-bond donors (Lipinski definition) is 1. The summed E-state index contributed by atoms with van der Waals surface area (Å²) in [5.74, 6) is -0.0231. The molecule has 0 atom stereocenters. The van der Waals surface area contributed by atoms with Gasteiger partial charge in [0.15, 0.2) is 0 Å². The third kappa shape index (κ3) is 4.56. The summed E-state index contributed by atoms with van der Waals surface area (Å²) in [6.45, 7) is 0. The first kappa shape index (κ1) is 14.3. The number of nitrogens with two attached hydrogens (primary N) is 1. The van der Waals surface area contributed by atoms with E-state index in [4.69, 9.17) is 9.88 Å². The minimum Gasteiger partial charge on any atom is -0.481 e. The molecule has 1 aromatic heterocycles. The molecule has 83 valence electrons. The molecule has 0 aliphatic rings. The quantitative estimate of drug-likeness (QED) is 0.855. The molecule has 6 nitrogen and oxygen atoms in total. The van der Waals surface area contributed by atoms with Crippen molar-refractivity contribution in [3.8, 4) is 5.88 Å². The molecule has 0 unspecified atom stereocenters. The predicted molar refractivity (Wildman–Crippen MR) is 57.4 cm³/mol. The molecule has 0 aliphatic carbocycles. The highest BCUT2D eigenvalue weighted by Gasteiger charge is 2.11. The second-order valence-electron chi connectivity index (χ2n) is 2.63. The average Bonchev–Trinajstić information content (AvgIpc) is 2.01. The normalized spacial score (nSPS) is 10.6. The molecule has 0 amide bonds. The summed E-state index contributed by atoms with van der Waals surface area (Å²) in [7, 11) is -2.15. The summed E-state index contributed by atoms with van der Waals surface area (Å²) in [5.41, 5.74) is 0.435. The topological polar surface area (TPSA) is 113 Å². The largest absolute Gasteiger partial charge is 0.481 e. The SMILES string of the molecule is COc1ncc(Br)cc1CS(N)(=O)=O.[N]. The van der Waals surface area contributed by atoms with E-state index in [1.165, 1.54) is 13.3 Å². The van der Waals surface area contributed by atoms with Crippen molar-refractivity contribution in [3.05, 3.63) is 22.3 Å². The number of pyridine rings is 1. The van der Waals surface area contributed by atoms with Crippen molar-refractivity contribution in [1.29, 1.82) is 0 Å². The van der Waals surface area contributed by atoms with E-state index < -0.39 is 10.0 Å². The van der Waals surface area contributed by atoms with Crippen LogP contribution in [0.1, 0.15) is 5.56 Å². The van der Waals surface area contributed by atoms with Gasteiger partial charge in [-0.25, -0.2) is 18.5 Å². The van der Waals surface area contributed by atoms with Crippen LogP contribution in [0.15, 0.2) is 16.7 Å². The van der Waals surface area contributed by atoms with Crippen LogP contribution in [-0.2, 0) is 15.8 Å². The van der Waals surface area contributed by atoms with Crippen LogP contribution in [0.25, 0.3) is 0 Å². The van der Waals surface area contributed by atoms with E-state index in [9.17, 15) is 8.42 Å². The highest BCUT2D eigenvalue weighted by Crippen LogP contribution is 2.20. The Morgan fingerprint density at radius 2 is 2.20 bits per heavy atom. The van der Waals surface area contributed by atoms with E-state index in [1.807, 2.05) is 0 Å². The Bertz CT molecular complexity index is 435. The van der Waals surface area contributed by atoms with E-state index in [0.29, 0.717) is 10.0 Å². The standard InChI is InChI=1S/C7H9BrN2O3S.N/c1-13-7-5(4-14(9,11)12)2-6(8)3-10-7;/h2-3H,4H2,1H3,(H2,9,11,12);. The molecule has 8 heteroatoms. The highest BCUT2D eigenvalue weighted by molar-refractivity contribution is 9.10. The Morgan fingerprint density at radius 1 is 1.60 bits per heavy atom. The number of nitrogens with zero attached hydrogens (tertiary/aromatic N) is 2. The van der Waals surface area contributed by atoms with Gasteiger partial charge in [0.2, 0.25) is 15.9 Å². The minimum absolute atomic E-state index is 0. The van der Waals surface area contributed by atoms with Gasteiger partial charge >= 0.3 is 0 Å². The third-order valence-electron chi connectivity index (χ3n) is 1.44. The lowest BCUT2D eigenvalue weighted by Crippen LogP contribution is -2.15. The van der Waals surface area contributed by atoms with Gasteiger partial charge in [0.1, 0.15) is 0 Å². The van der Waals surface area contributed by atoms with Crippen molar-refractivity contribution in [1.82, 2.24) is 11.1 Å². The fourth-order valence-electron chi connectivity index (χ4n) is 0.973. The van der Waals surface area contributed by atoms with Crippen LogP contribution >= 0.6 is 15.9 Å². The lowest BCUT2D eigenvalue weighted by atomic mass is 10.3. The van der Waals surface area contributed by atoms with Gasteiger partial charge in [-0.05, 0) is 22.0 Å². The monoisotopic (exact) mass is 294 g/mol. The Labute approximate surface area is 96.6 Å². The van der Waals surface area contributed by atoms with Crippen LogP contribution in [0, 0.1) is 0 Å². The van der Waals surface area contributed by atoms with Gasteiger partial charge in [0, 0.05) is 22.4 Å². The van der Waals surface area contributed by atoms with Crippen LogP contribution in [0.2, 0.25) is 0 Å². The van der Waals surface area contributed by atoms with Crippen LogP contribution < -0.4 is 16.0 Å². The molecule has 0 spiro atoms. The van der Waals surface area contributed by atoms with Gasteiger partial charge in [0.05, 0.1) is 12.9 Å². The molecule has 0 aliphatic heterocycles. The van der Waals surface area contributed by atoms with Gasteiger partial charge in [0.25, 0.3) is 0 Å². The molecular weight excluding hydrogens is 286 g/mol. The molecule has 1 heterocycles. The van der Waals surface area contributed by atoms with E-state index in [2.05, 4.69) is 20.9 Å². The molecule has 0 aromatic carbocycles. The van der Waals surface area contributed by atoms with Crippen LogP contribution in [0.3, 0.4) is 0 Å². The summed E-state index contributed by atoms with van der Waals surface area (Å²) in [6.07, 6.45) is 1.52. The van der Waals surface area contributed by atoms with Crippen molar-refractivity contribution >= 4 is 26.0 Å². The van der Waals surface area contributed by atoms with Gasteiger partial charge in [-0.1, -0.05) is 0 Å². The van der Waals surface area contributed by atoms with Gasteiger partial charge in [-0.2, -0.15) is 0 Å². The molecule has 0 saturated heterocycles. The number of rotatable bonds is 3. The Kier molecular flexibility index (Phi) is 5.15. The van der Waals surface area contributed by atoms with Gasteiger partial charge in [-0.15, -0.1) is 0 Å². The molecular formula is C7H9BrN3O3S. The summed E-state index contributed by atoms with van der Waals surface area (Å²) < 4.78 is 27.3. The Balaban J connectivity index is 0.00000196. The second-order valence-corrected chi connectivity index (χ2v) is 5.16. The number of ether oxygens (including phenoxy) is 1. The molecule has 2 N–H and O–H groups in total. The number of aromatic nitrogens is 1. The minimum atomic E-state index is -3.57. The smallest absolute Gasteiger partial charge is 0.217 e. The maximum Gasteiger partial charge on any atom is 0.217 e. The zero-order chi connectivity index (χ0) is 10.8. The van der Waals surface area contributed by atoms with Crippen molar-refractivity contribution < 1.29 is 13.2 Å². The predicted octanol–water partition coefficient (Wildman–Crippen LogP) is 0.161. The lowest BCUT2D eigenvalue weighted by molar-refractivity contribution is 0.393. The maximum absolute atomic E-state index is 10.9. The van der Waals surface area contributed by atoms with Crippen LogP contribution in [0.5, 0.6) is 5.88 Å². The number of sulfonamides is 1. The summed E-state index contributed by atoms with van der Waals surface area (Å²) in [5, 5.41) is 4.91. The first-order valence-electron chi connectivity index (χ1n) is 3.61. The molecule has 1 aromatic rings. The van der Waals surface area contributed by atoms with Crippen LogP contribution in [0.4, 0.5) is 0 Å². The Hall–Kier alpha value is -0.700. The highest BCUT2D eigenvalue weighted by atomic mass is 79.9. The van der Waals surface area contributed by atoms with Crippen molar-refractivity contribution in [2.24, 2.45) is 5.14 Å². The molecule has 0 fully saturated rings. The zero-order valence-corrected chi connectivity index (χ0v) is 10.2. The summed E-state index contributed by atoms with van der Waals surface area (Å²) >= 11 is 3.18. The van der Waals surface area contributed by atoms with Crippen molar-refractivity contribution in [3.63, 3.8) is 0 Å². The first-order valence-corrected chi connectivity index (χ1v) is 6.12. The number of hydrogen-bond acceptors (Lipinski definition) is 4. The van der Waals surface area contributed by atoms with Crippen LogP contribution in [-0.4, -0.2) is 20.5 Å². The third-order valence-corrected chi connectivity index (χ3v) is 2.59. The number of methoxy groups -OCH3 is 1. The molecule has 1 rings (SSSR count). The lowest BCUT2D eigenvalue weighted by Gasteiger charge is -2.05. The molecule has 0 bridgehead atoms. The molecule has 15 heavy (non-hydrogen) atoms. The fraction of sp³-hybridized carbons (Fsp3) is 0.286.